The number of rotatable bonds is 4. The molecule has 0 amide bonds. The average molecular weight is 289 g/mol. The molecule has 2 N–H and O–H groups in total. The summed E-state index contributed by atoms with van der Waals surface area (Å²) in [5.41, 5.74) is 2.02. The van der Waals surface area contributed by atoms with Crippen LogP contribution in [0, 0.1) is 0 Å². The Labute approximate surface area is 125 Å². The first-order chi connectivity index (χ1) is 10.2. The van der Waals surface area contributed by atoms with Crippen LogP contribution in [0.4, 0.5) is 5.82 Å². The van der Waals surface area contributed by atoms with Crippen molar-refractivity contribution in [3.05, 3.63) is 17.6 Å². The van der Waals surface area contributed by atoms with Crippen LogP contribution < -0.4 is 5.32 Å². The highest BCUT2D eigenvalue weighted by atomic mass is 16.4. The summed E-state index contributed by atoms with van der Waals surface area (Å²) in [5.74, 6) is 0.148. The van der Waals surface area contributed by atoms with Crippen LogP contribution in [0.25, 0.3) is 0 Å². The summed E-state index contributed by atoms with van der Waals surface area (Å²) >= 11 is 0. The van der Waals surface area contributed by atoms with Gasteiger partial charge in [-0.25, -0.2) is 9.97 Å². The lowest BCUT2D eigenvalue weighted by Gasteiger charge is -2.38. The number of hydrogen-bond donors (Lipinski definition) is 2. The van der Waals surface area contributed by atoms with Gasteiger partial charge in [-0.05, 0) is 38.5 Å². The van der Waals surface area contributed by atoms with Crippen LogP contribution in [0.1, 0.15) is 62.6 Å². The smallest absolute Gasteiger partial charge is 0.305 e. The Morgan fingerprint density at radius 3 is 2.67 bits per heavy atom. The van der Waals surface area contributed by atoms with Gasteiger partial charge < -0.3 is 10.4 Å². The minimum absolute atomic E-state index is 0.172. The Hall–Kier alpha value is -1.65. The van der Waals surface area contributed by atoms with Crippen LogP contribution >= 0.6 is 0 Å². The number of fused-ring (bicyclic) bond motifs is 1. The van der Waals surface area contributed by atoms with Crippen molar-refractivity contribution in [2.24, 2.45) is 0 Å². The molecule has 0 aromatic carbocycles. The number of nitrogens with zero attached hydrogens (tertiary/aromatic N) is 2. The molecular formula is C16H23N3O2. The van der Waals surface area contributed by atoms with E-state index in [0.29, 0.717) is 0 Å². The summed E-state index contributed by atoms with van der Waals surface area (Å²) in [6.07, 6.45) is 11.4. The van der Waals surface area contributed by atoms with Crippen LogP contribution in [0.3, 0.4) is 0 Å². The third kappa shape index (κ3) is 3.17. The third-order valence-electron chi connectivity index (χ3n) is 4.81. The first kappa shape index (κ1) is 14.3. The van der Waals surface area contributed by atoms with Gasteiger partial charge in [-0.2, -0.15) is 0 Å². The van der Waals surface area contributed by atoms with Gasteiger partial charge in [-0.1, -0.05) is 19.3 Å². The van der Waals surface area contributed by atoms with E-state index in [4.69, 9.17) is 0 Å². The predicted octanol–water partition coefficient (Wildman–Crippen LogP) is 2.94. The van der Waals surface area contributed by atoms with Gasteiger partial charge in [0.05, 0.1) is 6.42 Å². The predicted molar refractivity (Wildman–Crippen MR) is 80.4 cm³/mol. The largest absolute Gasteiger partial charge is 0.481 e. The molecule has 0 bridgehead atoms. The Morgan fingerprint density at radius 1 is 1.14 bits per heavy atom. The van der Waals surface area contributed by atoms with Crippen molar-refractivity contribution in [2.45, 2.75) is 69.7 Å². The summed E-state index contributed by atoms with van der Waals surface area (Å²) in [4.78, 5) is 20.1. The summed E-state index contributed by atoms with van der Waals surface area (Å²) in [5, 5.41) is 12.8. The van der Waals surface area contributed by atoms with E-state index >= 15 is 0 Å². The lowest BCUT2D eigenvalue weighted by atomic mass is 9.79. The van der Waals surface area contributed by atoms with Crippen molar-refractivity contribution >= 4 is 11.8 Å². The minimum atomic E-state index is -0.729. The first-order valence-corrected chi connectivity index (χ1v) is 8.01. The number of aliphatic carboxylic acids is 1. The quantitative estimate of drug-likeness (QED) is 0.891. The van der Waals surface area contributed by atoms with Gasteiger partial charge in [0.25, 0.3) is 0 Å². The molecule has 0 spiro atoms. The van der Waals surface area contributed by atoms with E-state index in [9.17, 15) is 9.90 Å². The maximum Gasteiger partial charge on any atom is 0.305 e. The minimum Gasteiger partial charge on any atom is -0.481 e. The number of hydrogen-bond acceptors (Lipinski definition) is 4. The topological polar surface area (TPSA) is 75.1 Å². The van der Waals surface area contributed by atoms with E-state index in [-0.39, 0.29) is 12.0 Å². The molecule has 1 aromatic rings. The summed E-state index contributed by atoms with van der Waals surface area (Å²) in [6, 6.07) is 0. The number of aryl methyl sites for hydroxylation is 1. The van der Waals surface area contributed by atoms with Gasteiger partial charge in [0.1, 0.15) is 12.1 Å². The van der Waals surface area contributed by atoms with Crippen LogP contribution in [0.5, 0.6) is 0 Å². The normalized spacial score (nSPS) is 20.6. The molecule has 21 heavy (non-hydrogen) atoms. The molecule has 114 valence electrons. The van der Waals surface area contributed by atoms with Crippen LogP contribution in [-0.4, -0.2) is 26.6 Å². The summed E-state index contributed by atoms with van der Waals surface area (Å²) in [6.45, 7) is 0. The zero-order chi connectivity index (χ0) is 14.7. The highest BCUT2D eigenvalue weighted by molar-refractivity contribution is 5.69. The molecule has 0 unspecified atom stereocenters. The zero-order valence-electron chi connectivity index (χ0n) is 12.4. The van der Waals surface area contributed by atoms with E-state index in [1.807, 2.05) is 0 Å². The van der Waals surface area contributed by atoms with Gasteiger partial charge in [0, 0.05) is 16.8 Å². The number of carbonyl (C=O) groups is 1. The zero-order valence-corrected chi connectivity index (χ0v) is 12.4. The Morgan fingerprint density at radius 2 is 1.90 bits per heavy atom. The van der Waals surface area contributed by atoms with Crippen molar-refractivity contribution in [1.82, 2.24) is 9.97 Å². The van der Waals surface area contributed by atoms with Crippen molar-refractivity contribution in [3.63, 3.8) is 0 Å². The summed E-state index contributed by atoms with van der Waals surface area (Å²) in [7, 11) is 0. The summed E-state index contributed by atoms with van der Waals surface area (Å²) < 4.78 is 0. The Balaban J connectivity index is 1.87. The molecule has 1 fully saturated rings. The Bertz CT molecular complexity index is 524. The molecule has 0 atom stereocenters. The average Bonchev–Trinajstić information content (AvgIpc) is 2.48. The van der Waals surface area contributed by atoms with Gasteiger partial charge in [-0.15, -0.1) is 0 Å². The molecule has 0 aliphatic heterocycles. The van der Waals surface area contributed by atoms with E-state index in [0.717, 1.165) is 50.0 Å². The van der Waals surface area contributed by atoms with Gasteiger partial charge >= 0.3 is 5.97 Å². The van der Waals surface area contributed by atoms with Crippen LogP contribution in [0.15, 0.2) is 6.33 Å². The van der Waals surface area contributed by atoms with Crippen molar-refractivity contribution in [3.8, 4) is 0 Å². The molecule has 5 heteroatoms. The number of anilines is 1. The first-order valence-electron chi connectivity index (χ1n) is 8.01. The number of carboxylic acids is 1. The van der Waals surface area contributed by atoms with Gasteiger partial charge in [0.2, 0.25) is 0 Å². The number of aromatic nitrogens is 2. The van der Waals surface area contributed by atoms with Crippen molar-refractivity contribution in [2.75, 3.05) is 5.32 Å². The lowest BCUT2D eigenvalue weighted by molar-refractivity contribution is -0.138. The van der Waals surface area contributed by atoms with Crippen LogP contribution in [-0.2, 0) is 17.6 Å². The van der Waals surface area contributed by atoms with E-state index in [1.54, 1.807) is 6.33 Å². The highest BCUT2D eigenvalue weighted by Crippen LogP contribution is 2.36. The second-order valence-corrected chi connectivity index (χ2v) is 6.39. The molecule has 0 radical (unpaired) electrons. The second kappa shape index (κ2) is 6.00. The molecule has 3 rings (SSSR count). The standard InChI is InChI=1S/C16H23N3O2/c20-14(21)10-16(8-4-1-5-9-16)19-15-12-6-2-3-7-13(12)17-11-18-15/h11H,1-10H2,(H,20,21)(H,17,18,19). The molecule has 2 aliphatic carbocycles. The fourth-order valence-electron chi connectivity index (χ4n) is 3.74. The van der Waals surface area contributed by atoms with Crippen molar-refractivity contribution < 1.29 is 9.90 Å². The molecule has 5 nitrogen and oxygen atoms in total. The van der Waals surface area contributed by atoms with Crippen LogP contribution in [0.2, 0.25) is 0 Å². The molecule has 0 saturated heterocycles. The van der Waals surface area contributed by atoms with E-state index < -0.39 is 5.97 Å². The highest BCUT2D eigenvalue weighted by Gasteiger charge is 2.35. The molecule has 1 aromatic heterocycles. The SMILES string of the molecule is O=C(O)CC1(Nc2ncnc3c2CCCC3)CCCCC1. The van der Waals surface area contributed by atoms with Gasteiger partial charge in [0.15, 0.2) is 0 Å². The van der Waals surface area contributed by atoms with E-state index in [2.05, 4.69) is 15.3 Å². The molecule has 1 heterocycles. The maximum absolute atomic E-state index is 11.3. The lowest BCUT2D eigenvalue weighted by Crippen LogP contribution is -2.43. The van der Waals surface area contributed by atoms with E-state index in [1.165, 1.54) is 24.8 Å². The number of carboxylic acid groups (broad SMARTS) is 1. The fraction of sp³-hybridized carbons (Fsp3) is 0.688. The third-order valence-corrected chi connectivity index (χ3v) is 4.81. The molecular weight excluding hydrogens is 266 g/mol. The maximum atomic E-state index is 11.3. The molecule has 2 aliphatic rings. The molecule has 1 saturated carbocycles. The Kier molecular flexibility index (Phi) is 4.08. The monoisotopic (exact) mass is 289 g/mol. The fourth-order valence-corrected chi connectivity index (χ4v) is 3.74. The van der Waals surface area contributed by atoms with Gasteiger partial charge in [-0.3, -0.25) is 4.79 Å². The second-order valence-electron chi connectivity index (χ2n) is 6.39. The number of nitrogens with one attached hydrogen (secondary N) is 1. The van der Waals surface area contributed by atoms with Crippen molar-refractivity contribution in [1.29, 1.82) is 0 Å².